The molecule has 0 amide bonds. The highest BCUT2D eigenvalue weighted by Gasteiger charge is 2.54. The van der Waals surface area contributed by atoms with Crippen molar-refractivity contribution in [3.63, 3.8) is 0 Å². The van der Waals surface area contributed by atoms with Crippen LogP contribution in [0.4, 0.5) is 0 Å². The summed E-state index contributed by atoms with van der Waals surface area (Å²) in [6.45, 7) is 6.10. The molecule has 58 valence electrons. The van der Waals surface area contributed by atoms with Crippen LogP contribution in [-0.2, 0) is 0 Å². The van der Waals surface area contributed by atoms with Gasteiger partial charge < -0.3 is 4.90 Å². The van der Waals surface area contributed by atoms with E-state index in [4.69, 9.17) is 0 Å². The summed E-state index contributed by atoms with van der Waals surface area (Å²) in [6.07, 6.45) is 2.95. The van der Waals surface area contributed by atoms with Crippen LogP contribution in [0.1, 0.15) is 26.7 Å². The van der Waals surface area contributed by atoms with Gasteiger partial charge in [0.15, 0.2) is 0 Å². The molecule has 2 aliphatic heterocycles. The highest BCUT2D eigenvalue weighted by molar-refractivity contribution is 5.08. The third-order valence-corrected chi connectivity index (χ3v) is 3.70. The van der Waals surface area contributed by atoms with Gasteiger partial charge in [-0.05, 0) is 31.2 Å². The average Bonchev–Trinajstić information content (AvgIpc) is 2.16. The molecule has 0 radical (unpaired) electrons. The Labute approximate surface area is 63.4 Å². The second-order valence-electron chi connectivity index (χ2n) is 4.49. The van der Waals surface area contributed by atoms with Crippen LogP contribution in [0.2, 0.25) is 0 Å². The van der Waals surface area contributed by atoms with Gasteiger partial charge in [-0.2, -0.15) is 0 Å². The maximum absolute atomic E-state index is 2.53. The van der Waals surface area contributed by atoms with Crippen LogP contribution < -0.4 is 0 Å². The van der Waals surface area contributed by atoms with Crippen molar-refractivity contribution < 1.29 is 0 Å². The van der Waals surface area contributed by atoms with Crippen molar-refractivity contribution in [1.82, 2.24) is 4.90 Å². The highest BCUT2D eigenvalue weighted by Crippen LogP contribution is 2.55. The van der Waals surface area contributed by atoms with Crippen LogP contribution in [0.25, 0.3) is 0 Å². The molecule has 0 spiro atoms. The first-order chi connectivity index (χ1) is 4.64. The van der Waals surface area contributed by atoms with Gasteiger partial charge >= 0.3 is 0 Å². The SMILES string of the molecule is CC(C)C12CC(C1)N(C)C2. The number of nitrogens with zero attached hydrogens (tertiary/aromatic N) is 1. The Morgan fingerprint density at radius 3 is 2.20 bits per heavy atom. The van der Waals surface area contributed by atoms with Crippen molar-refractivity contribution >= 4 is 0 Å². The van der Waals surface area contributed by atoms with Crippen LogP contribution in [-0.4, -0.2) is 24.5 Å². The Morgan fingerprint density at radius 1 is 1.40 bits per heavy atom. The fourth-order valence-electron chi connectivity index (χ4n) is 2.60. The Bertz CT molecular complexity index is 145. The molecule has 0 unspecified atom stereocenters. The second kappa shape index (κ2) is 1.76. The van der Waals surface area contributed by atoms with E-state index in [1.54, 1.807) is 0 Å². The largest absolute Gasteiger partial charge is 0.303 e. The van der Waals surface area contributed by atoms with E-state index in [-0.39, 0.29) is 0 Å². The summed E-state index contributed by atoms with van der Waals surface area (Å²) in [4.78, 5) is 2.53. The molecular weight excluding hydrogens is 122 g/mol. The van der Waals surface area contributed by atoms with E-state index in [0.29, 0.717) is 0 Å². The van der Waals surface area contributed by atoms with Crippen LogP contribution >= 0.6 is 0 Å². The van der Waals surface area contributed by atoms with Gasteiger partial charge in [-0.15, -0.1) is 0 Å². The third-order valence-electron chi connectivity index (χ3n) is 3.70. The minimum Gasteiger partial charge on any atom is -0.303 e. The molecule has 10 heavy (non-hydrogen) atoms. The number of hydrogen-bond donors (Lipinski definition) is 0. The van der Waals surface area contributed by atoms with Crippen LogP contribution in [0, 0.1) is 11.3 Å². The van der Waals surface area contributed by atoms with E-state index in [9.17, 15) is 0 Å². The summed E-state index contributed by atoms with van der Waals surface area (Å²) in [5.41, 5.74) is 0.736. The molecule has 0 aromatic carbocycles. The molecule has 1 heteroatoms. The van der Waals surface area contributed by atoms with Crippen LogP contribution in [0.3, 0.4) is 0 Å². The molecule has 2 heterocycles. The van der Waals surface area contributed by atoms with Crippen molar-refractivity contribution in [3.8, 4) is 0 Å². The van der Waals surface area contributed by atoms with E-state index >= 15 is 0 Å². The minimum atomic E-state index is 0.736. The maximum Gasteiger partial charge on any atom is 0.0104 e. The fraction of sp³-hybridized carbons (Fsp3) is 1.00. The van der Waals surface area contributed by atoms with E-state index in [1.165, 1.54) is 19.4 Å². The second-order valence-corrected chi connectivity index (χ2v) is 4.49. The summed E-state index contributed by atoms with van der Waals surface area (Å²) in [5, 5.41) is 0. The zero-order valence-corrected chi connectivity index (χ0v) is 7.22. The van der Waals surface area contributed by atoms with E-state index < -0.39 is 0 Å². The first-order valence-electron chi connectivity index (χ1n) is 4.34. The van der Waals surface area contributed by atoms with Crippen molar-refractivity contribution in [2.24, 2.45) is 11.3 Å². The molecule has 3 aliphatic rings. The summed E-state index contributed by atoms with van der Waals surface area (Å²) in [7, 11) is 2.27. The van der Waals surface area contributed by atoms with Crippen molar-refractivity contribution in [3.05, 3.63) is 0 Å². The van der Waals surface area contributed by atoms with E-state index in [1.807, 2.05) is 0 Å². The van der Waals surface area contributed by atoms with Gasteiger partial charge in [-0.25, -0.2) is 0 Å². The lowest BCUT2D eigenvalue weighted by Crippen LogP contribution is -2.37. The average molecular weight is 139 g/mol. The first kappa shape index (κ1) is 6.66. The number of rotatable bonds is 1. The molecule has 0 atom stereocenters. The lowest BCUT2D eigenvalue weighted by atomic mass is 9.63. The fourth-order valence-corrected chi connectivity index (χ4v) is 2.60. The van der Waals surface area contributed by atoms with Crippen LogP contribution in [0.5, 0.6) is 0 Å². The Balaban J connectivity index is 2.11. The highest BCUT2D eigenvalue weighted by atomic mass is 15.2. The lowest BCUT2D eigenvalue weighted by molar-refractivity contribution is 0.120. The zero-order chi connectivity index (χ0) is 7.35. The predicted molar refractivity (Wildman–Crippen MR) is 42.9 cm³/mol. The summed E-state index contributed by atoms with van der Waals surface area (Å²) >= 11 is 0. The van der Waals surface area contributed by atoms with Crippen LogP contribution in [0.15, 0.2) is 0 Å². The Morgan fingerprint density at radius 2 is 2.00 bits per heavy atom. The molecule has 2 saturated heterocycles. The van der Waals surface area contributed by atoms with Gasteiger partial charge in [-0.3, -0.25) is 0 Å². The van der Waals surface area contributed by atoms with Crippen molar-refractivity contribution in [1.29, 1.82) is 0 Å². The third kappa shape index (κ3) is 0.619. The lowest BCUT2D eigenvalue weighted by Gasteiger charge is -2.40. The molecule has 0 N–H and O–H groups in total. The van der Waals surface area contributed by atoms with Crippen molar-refractivity contribution in [2.45, 2.75) is 32.7 Å². The minimum absolute atomic E-state index is 0.736. The standard InChI is InChI=1S/C9H17N/c1-7(2)9-4-8(5-9)10(3)6-9/h7-8H,4-6H2,1-3H3. The quantitative estimate of drug-likeness (QED) is 0.535. The van der Waals surface area contributed by atoms with E-state index in [2.05, 4.69) is 25.8 Å². The number of hydrogen-bond acceptors (Lipinski definition) is 1. The molecule has 1 aliphatic carbocycles. The summed E-state index contributed by atoms with van der Waals surface area (Å²) in [5.74, 6) is 0.897. The molecule has 2 bridgehead atoms. The van der Waals surface area contributed by atoms with Gasteiger partial charge in [0.1, 0.15) is 0 Å². The summed E-state index contributed by atoms with van der Waals surface area (Å²) < 4.78 is 0. The smallest absolute Gasteiger partial charge is 0.0104 e. The topological polar surface area (TPSA) is 3.24 Å². The van der Waals surface area contributed by atoms with Gasteiger partial charge in [0.25, 0.3) is 0 Å². The van der Waals surface area contributed by atoms with Gasteiger partial charge in [0, 0.05) is 12.6 Å². The van der Waals surface area contributed by atoms with Crippen molar-refractivity contribution in [2.75, 3.05) is 13.6 Å². The van der Waals surface area contributed by atoms with Gasteiger partial charge in [0.2, 0.25) is 0 Å². The molecular formula is C9H17N. The van der Waals surface area contributed by atoms with Gasteiger partial charge in [0.05, 0.1) is 0 Å². The Hall–Kier alpha value is -0.0400. The number of fused-ring (bicyclic) bond motifs is 1. The predicted octanol–water partition coefficient (Wildman–Crippen LogP) is 1.74. The molecule has 0 aromatic heterocycles. The first-order valence-corrected chi connectivity index (χ1v) is 4.34. The monoisotopic (exact) mass is 139 g/mol. The molecule has 0 aromatic rings. The summed E-state index contributed by atoms with van der Waals surface area (Å²) in [6, 6.07) is 0.947. The van der Waals surface area contributed by atoms with E-state index in [0.717, 1.165) is 17.4 Å². The van der Waals surface area contributed by atoms with Gasteiger partial charge in [-0.1, -0.05) is 13.8 Å². The maximum atomic E-state index is 2.53. The molecule has 3 rings (SSSR count). The zero-order valence-electron chi connectivity index (χ0n) is 7.22. The Kier molecular flexibility index (Phi) is 1.17. The molecule has 3 fully saturated rings. The molecule has 1 saturated carbocycles. The normalized spacial score (nSPS) is 46.2. The molecule has 1 nitrogen and oxygen atoms in total.